The summed E-state index contributed by atoms with van der Waals surface area (Å²) in [4.78, 5) is 44.4. The normalized spacial score (nSPS) is 13.0. The van der Waals surface area contributed by atoms with Gasteiger partial charge in [-0.1, -0.05) is 20.8 Å². The van der Waals surface area contributed by atoms with Crippen LogP contribution in [0.15, 0.2) is 18.2 Å². The summed E-state index contributed by atoms with van der Waals surface area (Å²) < 4.78 is 5.75. The Balaban J connectivity index is 1.92. The maximum atomic E-state index is 13.3. The number of carbonyl (C=O) groups excluding carboxylic acids is 2. The molecule has 0 saturated carbocycles. The van der Waals surface area contributed by atoms with Gasteiger partial charge in [-0.25, -0.2) is 4.98 Å². The fraction of sp³-hybridized carbons (Fsp3) is 0.444. The Kier molecular flexibility index (Phi) is 7.52. The molecule has 2 N–H and O–H groups in total. The summed E-state index contributed by atoms with van der Waals surface area (Å²) in [6.07, 6.45) is 0. The molecule has 0 unspecified atom stereocenters. The van der Waals surface area contributed by atoms with E-state index in [1.54, 1.807) is 23.1 Å². The number of Topliss-reactive ketones (excluding diaryl/α,β-unsaturated/α-hetero) is 1. The molecule has 3 rings (SSSR count). The van der Waals surface area contributed by atoms with E-state index in [0.717, 1.165) is 16.9 Å². The number of rotatable bonds is 8. The van der Waals surface area contributed by atoms with Crippen molar-refractivity contribution in [1.29, 1.82) is 5.41 Å². The smallest absolute Gasteiger partial charge is 0.323 e. The Bertz CT molecular complexity index is 1250. The summed E-state index contributed by atoms with van der Waals surface area (Å²) in [6, 6.07) is 4.97. The molecule has 0 fully saturated rings. The number of anilines is 1. The van der Waals surface area contributed by atoms with Gasteiger partial charge in [-0.3, -0.25) is 19.8 Å². The van der Waals surface area contributed by atoms with Crippen molar-refractivity contribution in [2.24, 2.45) is 0 Å². The number of aromatic nitrogens is 1. The monoisotopic (exact) mass is 494 g/mol. The van der Waals surface area contributed by atoms with Gasteiger partial charge in [0, 0.05) is 35.8 Å². The van der Waals surface area contributed by atoms with E-state index >= 15 is 0 Å². The fourth-order valence-electron chi connectivity index (χ4n) is 4.48. The van der Waals surface area contributed by atoms with Crippen LogP contribution in [0.25, 0.3) is 0 Å². The summed E-state index contributed by atoms with van der Waals surface area (Å²) >= 11 is 0. The third-order valence-electron chi connectivity index (χ3n) is 6.29. The lowest BCUT2D eigenvalue weighted by atomic mass is 9.84. The first-order chi connectivity index (χ1) is 16.8. The first-order valence-electron chi connectivity index (χ1n) is 11.9. The van der Waals surface area contributed by atoms with Crippen LogP contribution in [-0.2, 0) is 21.5 Å². The van der Waals surface area contributed by atoms with Crippen LogP contribution in [0, 0.1) is 19.3 Å². The number of nitrogens with one attached hydrogen (secondary N) is 1. The summed E-state index contributed by atoms with van der Waals surface area (Å²) in [5.74, 6) is -0.779. The number of carbonyl (C=O) groups is 3. The standard InChI is InChI=1S/C27H34N4O5/c1-8-36-25-15(2)19-12-30(26(28)24(19)29-16(25)3)13-22(33)18-9-10-21(20(11-18)27(5,6)7)31(17(4)32)14-23(34)35/h9-11,28H,8,12-14H2,1-7H3,(H,34,35). The van der Waals surface area contributed by atoms with E-state index in [4.69, 9.17) is 10.1 Å². The highest BCUT2D eigenvalue weighted by Gasteiger charge is 2.32. The van der Waals surface area contributed by atoms with E-state index in [1.807, 2.05) is 41.5 Å². The second-order valence-corrected chi connectivity index (χ2v) is 10.0. The van der Waals surface area contributed by atoms with Crippen molar-refractivity contribution in [1.82, 2.24) is 9.88 Å². The second kappa shape index (κ2) is 10.1. The molecule has 1 aliphatic heterocycles. The second-order valence-electron chi connectivity index (χ2n) is 10.0. The van der Waals surface area contributed by atoms with Crippen LogP contribution < -0.4 is 9.64 Å². The van der Waals surface area contributed by atoms with E-state index < -0.39 is 23.8 Å². The van der Waals surface area contributed by atoms with E-state index in [2.05, 4.69) is 4.98 Å². The quantitative estimate of drug-likeness (QED) is 0.534. The van der Waals surface area contributed by atoms with Crippen molar-refractivity contribution in [3.8, 4) is 5.75 Å². The number of ketones is 1. The van der Waals surface area contributed by atoms with Gasteiger partial charge in [-0.05, 0) is 49.9 Å². The lowest BCUT2D eigenvalue weighted by molar-refractivity contribution is -0.136. The number of amidine groups is 1. The van der Waals surface area contributed by atoms with Crippen molar-refractivity contribution in [3.05, 3.63) is 51.8 Å². The molecule has 0 radical (unpaired) electrons. The third-order valence-corrected chi connectivity index (χ3v) is 6.29. The topological polar surface area (TPSA) is 124 Å². The molecule has 192 valence electrons. The zero-order valence-electron chi connectivity index (χ0n) is 22.0. The van der Waals surface area contributed by atoms with Crippen molar-refractivity contribution in [3.63, 3.8) is 0 Å². The minimum absolute atomic E-state index is 0.00781. The van der Waals surface area contributed by atoms with Crippen LogP contribution in [0.1, 0.15) is 73.1 Å². The molecular weight excluding hydrogens is 460 g/mol. The number of benzene rings is 1. The average molecular weight is 495 g/mol. The number of aryl methyl sites for hydroxylation is 1. The molecule has 1 amide bonds. The van der Waals surface area contributed by atoms with E-state index in [9.17, 15) is 19.5 Å². The SMILES string of the molecule is CCOc1c(C)nc2c(c1C)CN(CC(=O)c1ccc(N(CC(=O)O)C(C)=O)c(C(C)(C)C)c1)C2=N. The Morgan fingerprint density at radius 1 is 1.22 bits per heavy atom. The molecule has 9 nitrogen and oxygen atoms in total. The highest BCUT2D eigenvalue weighted by atomic mass is 16.5. The van der Waals surface area contributed by atoms with Gasteiger partial charge in [0.2, 0.25) is 5.91 Å². The largest absolute Gasteiger partial charge is 0.492 e. The van der Waals surface area contributed by atoms with Gasteiger partial charge in [0.15, 0.2) is 5.78 Å². The van der Waals surface area contributed by atoms with Gasteiger partial charge in [-0.2, -0.15) is 0 Å². The number of pyridine rings is 1. The molecular formula is C27H34N4O5. The maximum Gasteiger partial charge on any atom is 0.323 e. The molecule has 1 aliphatic rings. The third kappa shape index (κ3) is 5.24. The van der Waals surface area contributed by atoms with Gasteiger partial charge in [-0.15, -0.1) is 0 Å². The summed E-state index contributed by atoms with van der Waals surface area (Å²) in [5.41, 5.74) is 4.24. The first kappa shape index (κ1) is 26.8. The minimum atomic E-state index is -1.12. The number of fused-ring (bicyclic) bond motifs is 1. The van der Waals surface area contributed by atoms with Crippen LogP contribution in [-0.4, -0.2) is 58.2 Å². The molecule has 9 heteroatoms. The zero-order chi connectivity index (χ0) is 26.9. The Morgan fingerprint density at radius 3 is 2.44 bits per heavy atom. The number of carboxylic acid groups (broad SMARTS) is 1. The molecule has 0 bridgehead atoms. The Hall–Kier alpha value is -3.75. The van der Waals surface area contributed by atoms with Crippen molar-refractivity contribution in [2.45, 2.75) is 60.4 Å². The Morgan fingerprint density at radius 2 is 1.89 bits per heavy atom. The van der Waals surface area contributed by atoms with E-state index in [0.29, 0.717) is 41.4 Å². The van der Waals surface area contributed by atoms with Crippen molar-refractivity contribution < 1.29 is 24.2 Å². The van der Waals surface area contributed by atoms with E-state index in [1.165, 1.54) is 11.8 Å². The van der Waals surface area contributed by atoms with Crippen molar-refractivity contribution >= 4 is 29.2 Å². The molecule has 1 aromatic carbocycles. The number of hydrogen-bond donors (Lipinski definition) is 2. The fourth-order valence-corrected chi connectivity index (χ4v) is 4.48. The van der Waals surface area contributed by atoms with Gasteiger partial charge in [0.1, 0.15) is 23.8 Å². The molecule has 0 atom stereocenters. The average Bonchev–Trinajstić information content (AvgIpc) is 3.09. The zero-order valence-corrected chi connectivity index (χ0v) is 22.0. The highest BCUT2D eigenvalue weighted by Crippen LogP contribution is 2.35. The summed E-state index contributed by atoms with van der Waals surface area (Å²) in [5, 5.41) is 17.9. The number of amides is 1. The lowest BCUT2D eigenvalue weighted by Gasteiger charge is -2.29. The lowest BCUT2D eigenvalue weighted by Crippen LogP contribution is -2.36. The number of ether oxygens (including phenoxy) is 1. The number of carboxylic acids is 1. The molecule has 0 saturated heterocycles. The molecule has 1 aromatic heterocycles. The van der Waals surface area contributed by atoms with Crippen LogP contribution in [0.3, 0.4) is 0 Å². The van der Waals surface area contributed by atoms with Gasteiger partial charge >= 0.3 is 5.97 Å². The minimum Gasteiger partial charge on any atom is -0.492 e. The molecule has 2 aromatic rings. The highest BCUT2D eigenvalue weighted by molar-refractivity contribution is 6.05. The molecule has 2 heterocycles. The van der Waals surface area contributed by atoms with Gasteiger partial charge < -0.3 is 19.6 Å². The molecule has 36 heavy (non-hydrogen) atoms. The van der Waals surface area contributed by atoms with E-state index in [-0.39, 0.29) is 18.2 Å². The van der Waals surface area contributed by atoms with Crippen LogP contribution in [0.4, 0.5) is 5.69 Å². The van der Waals surface area contributed by atoms with Crippen LogP contribution in [0.5, 0.6) is 5.75 Å². The number of nitrogens with zero attached hydrogens (tertiary/aromatic N) is 3. The number of aliphatic carboxylic acids is 1. The summed E-state index contributed by atoms with van der Waals surface area (Å²) in [7, 11) is 0. The molecule has 0 spiro atoms. The first-order valence-corrected chi connectivity index (χ1v) is 11.9. The van der Waals surface area contributed by atoms with Crippen LogP contribution in [0.2, 0.25) is 0 Å². The molecule has 0 aliphatic carbocycles. The maximum absolute atomic E-state index is 13.3. The number of hydrogen-bond acceptors (Lipinski definition) is 6. The van der Waals surface area contributed by atoms with Crippen molar-refractivity contribution in [2.75, 3.05) is 24.6 Å². The van der Waals surface area contributed by atoms with Gasteiger partial charge in [0.05, 0.1) is 18.8 Å². The predicted octanol–water partition coefficient (Wildman–Crippen LogP) is 3.86. The predicted molar refractivity (Wildman–Crippen MR) is 137 cm³/mol. The van der Waals surface area contributed by atoms with Crippen LogP contribution >= 0.6 is 0 Å². The van der Waals surface area contributed by atoms with Gasteiger partial charge in [0.25, 0.3) is 0 Å². The Labute approximate surface area is 211 Å². The summed E-state index contributed by atoms with van der Waals surface area (Å²) in [6.45, 7) is 13.3.